The van der Waals surface area contributed by atoms with Gasteiger partial charge in [0, 0.05) is 22.1 Å². The standard InChI is InChI=1S/C12H16Cl2N2O2S/c13-8-5-9(14)7-12(6-8)19(17,18)16-11-3-1-10(15)2-4-11/h5-7,10-11,16H,1-4,15H2. The average Bonchev–Trinajstić information content (AvgIpc) is 2.31. The summed E-state index contributed by atoms with van der Waals surface area (Å²) >= 11 is 11.6. The fraction of sp³-hybridized carbons (Fsp3) is 0.500. The van der Waals surface area contributed by atoms with Crippen LogP contribution < -0.4 is 10.5 Å². The first-order chi connectivity index (χ1) is 8.87. The fourth-order valence-corrected chi connectivity index (χ4v) is 4.24. The maximum absolute atomic E-state index is 12.2. The lowest BCUT2D eigenvalue weighted by Gasteiger charge is -2.26. The summed E-state index contributed by atoms with van der Waals surface area (Å²) in [6.07, 6.45) is 3.19. The summed E-state index contributed by atoms with van der Waals surface area (Å²) in [5.74, 6) is 0. The van der Waals surface area contributed by atoms with Gasteiger partial charge in [-0.15, -0.1) is 0 Å². The Labute approximate surface area is 123 Å². The molecule has 4 nitrogen and oxygen atoms in total. The van der Waals surface area contributed by atoms with Crippen LogP contribution in [-0.4, -0.2) is 20.5 Å². The molecular weight excluding hydrogens is 307 g/mol. The lowest BCUT2D eigenvalue weighted by atomic mass is 9.93. The number of benzene rings is 1. The Kier molecular flexibility index (Phi) is 4.74. The summed E-state index contributed by atoms with van der Waals surface area (Å²) < 4.78 is 27.1. The smallest absolute Gasteiger partial charge is 0.240 e. The van der Waals surface area contributed by atoms with Gasteiger partial charge in [-0.25, -0.2) is 13.1 Å². The molecular formula is C12H16Cl2N2O2S. The monoisotopic (exact) mass is 322 g/mol. The Morgan fingerprint density at radius 2 is 1.58 bits per heavy atom. The molecule has 0 saturated heterocycles. The summed E-state index contributed by atoms with van der Waals surface area (Å²) in [5, 5.41) is 0.608. The number of halogens is 2. The maximum Gasteiger partial charge on any atom is 0.240 e. The second-order valence-corrected chi connectivity index (χ2v) is 7.42. The van der Waals surface area contributed by atoms with Crippen LogP contribution >= 0.6 is 23.2 Å². The highest BCUT2D eigenvalue weighted by Crippen LogP contribution is 2.24. The second-order valence-electron chi connectivity index (χ2n) is 4.84. The molecule has 3 N–H and O–H groups in total. The van der Waals surface area contributed by atoms with Gasteiger partial charge in [0.2, 0.25) is 10.0 Å². The normalized spacial score (nSPS) is 24.4. The molecule has 1 saturated carbocycles. The van der Waals surface area contributed by atoms with Crippen molar-refractivity contribution >= 4 is 33.2 Å². The highest BCUT2D eigenvalue weighted by molar-refractivity contribution is 7.89. The van der Waals surface area contributed by atoms with Crippen LogP contribution in [0, 0.1) is 0 Å². The van der Waals surface area contributed by atoms with Crippen molar-refractivity contribution in [3.63, 3.8) is 0 Å². The zero-order chi connectivity index (χ0) is 14.0. The van der Waals surface area contributed by atoms with Crippen LogP contribution in [0.15, 0.2) is 23.1 Å². The zero-order valence-corrected chi connectivity index (χ0v) is 12.6. The summed E-state index contributed by atoms with van der Waals surface area (Å²) in [7, 11) is -3.58. The molecule has 1 fully saturated rings. The van der Waals surface area contributed by atoms with E-state index in [-0.39, 0.29) is 17.0 Å². The van der Waals surface area contributed by atoms with E-state index in [0.29, 0.717) is 10.0 Å². The molecule has 0 bridgehead atoms. The first-order valence-corrected chi connectivity index (χ1v) is 8.35. The fourth-order valence-electron chi connectivity index (χ4n) is 2.21. The third kappa shape index (κ3) is 4.07. The van der Waals surface area contributed by atoms with Crippen LogP contribution in [0.25, 0.3) is 0 Å². The number of hydrogen-bond acceptors (Lipinski definition) is 3. The molecule has 0 spiro atoms. The van der Waals surface area contributed by atoms with Gasteiger partial charge < -0.3 is 5.73 Å². The van der Waals surface area contributed by atoms with Gasteiger partial charge in [-0.05, 0) is 43.9 Å². The largest absolute Gasteiger partial charge is 0.328 e. The molecule has 7 heteroatoms. The van der Waals surface area contributed by atoms with Crippen LogP contribution in [0.1, 0.15) is 25.7 Å². The minimum absolute atomic E-state index is 0.0671. The Bertz CT molecular complexity index is 535. The van der Waals surface area contributed by atoms with Gasteiger partial charge in [0.05, 0.1) is 4.90 Å². The number of nitrogens with one attached hydrogen (secondary N) is 1. The minimum atomic E-state index is -3.58. The highest BCUT2D eigenvalue weighted by atomic mass is 35.5. The highest BCUT2D eigenvalue weighted by Gasteiger charge is 2.24. The van der Waals surface area contributed by atoms with Crippen LogP contribution in [0.4, 0.5) is 0 Å². The number of hydrogen-bond donors (Lipinski definition) is 2. The van der Waals surface area contributed by atoms with Crippen molar-refractivity contribution in [3.05, 3.63) is 28.2 Å². The topological polar surface area (TPSA) is 72.2 Å². The molecule has 0 amide bonds. The van der Waals surface area contributed by atoms with Crippen LogP contribution in [0.2, 0.25) is 10.0 Å². The first-order valence-electron chi connectivity index (χ1n) is 6.11. The summed E-state index contributed by atoms with van der Waals surface area (Å²) in [4.78, 5) is 0.0971. The van der Waals surface area contributed by atoms with Gasteiger partial charge in [0.15, 0.2) is 0 Å². The Morgan fingerprint density at radius 1 is 1.05 bits per heavy atom. The molecule has 0 atom stereocenters. The summed E-state index contributed by atoms with van der Waals surface area (Å²) in [6, 6.07) is 4.40. The number of nitrogens with two attached hydrogens (primary N) is 1. The lowest BCUT2D eigenvalue weighted by molar-refractivity contribution is 0.373. The van der Waals surface area contributed by atoms with Gasteiger partial charge in [0.1, 0.15) is 0 Å². The summed E-state index contributed by atoms with van der Waals surface area (Å²) in [5.41, 5.74) is 5.80. The van der Waals surface area contributed by atoms with Crippen LogP contribution in [-0.2, 0) is 10.0 Å². The van der Waals surface area contributed by atoms with E-state index in [4.69, 9.17) is 28.9 Å². The van der Waals surface area contributed by atoms with Crippen molar-refractivity contribution < 1.29 is 8.42 Å². The van der Waals surface area contributed by atoms with Crippen molar-refractivity contribution in [1.29, 1.82) is 0 Å². The third-order valence-corrected chi connectivity index (χ3v) is 5.18. The predicted molar refractivity (Wildman–Crippen MR) is 77.0 cm³/mol. The molecule has 0 radical (unpaired) electrons. The SMILES string of the molecule is NC1CCC(NS(=O)(=O)c2cc(Cl)cc(Cl)c2)CC1. The van der Waals surface area contributed by atoms with E-state index in [1.165, 1.54) is 18.2 Å². The molecule has 0 aliphatic heterocycles. The number of sulfonamides is 1. The molecule has 0 heterocycles. The second kappa shape index (κ2) is 5.97. The van der Waals surface area contributed by atoms with E-state index >= 15 is 0 Å². The van der Waals surface area contributed by atoms with Gasteiger partial charge in [-0.2, -0.15) is 0 Å². The number of rotatable bonds is 3. The first kappa shape index (κ1) is 15.1. The van der Waals surface area contributed by atoms with E-state index in [0.717, 1.165) is 25.7 Å². The Balaban J connectivity index is 2.14. The van der Waals surface area contributed by atoms with Crippen molar-refractivity contribution in [2.45, 2.75) is 42.7 Å². The van der Waals surface area contributed by atoms with Gasteiger partial charge in [0.25, 0.3) is 0 Å². The van der Waals surface area contributed by atoms with E-state index in [9.17, 15) is 8.42 Å². The van der Waals surface area contributed by atoms with Gasteiger partial charge in [-0.1, -0.05) is 23.2 Å². The minimum Gasteiger partial charge on any atom is -0.328 e. The Hall–Kier alpha value is -0.330. The molecule has 2 rings (SSSR count). The molecule has 1 aromatic carbocycles. The van der Waals surface area contributed by atoms with E-state index in [2.05, 4.69) is 4.72 Å². The van der Waals surface area contributed by atoms with Crippen molar-refractivity contribution in [1.82, 2.24) is 4.72 Å². The van der Waals surface area contributed by atoms with Crippen molar-refractivity contribution in [3.8, 4) is 0 Å². The molecule has 1 aromatic rings. The van der Waals surface area contributed by atoms with Crippen molar-refractivity contribution in [2.24, 2.45) is 5.73 Å². The van der Waals surface area contributed by atoms with Crippen molar-refractivity contribution in [2.75, 3.05) is 0 Å². The molecule has 1 aliphatic carbocycles. The molecule has 1 aliphatic rings. The molecule has 19 heavy (non-hydrogen) atoms. The quantitative estimate of drug-likeness (QED) is 0.898. The van der Waals surface area contributed by atoms with Gasteiger partial charge >= 0.3 is 0 Å². The lowest BCUT2D eigenvalue weighted by Crippen LogP contribution is -2.40. The van der Waals surface area contributed by atoms with E-state index in [1.54, 1.807) is 0 Å². The van der Waals surface area contributed by atoms with Crippen LogP contribution in [0.5, 0.6) is 0 Å². The van der Waals surface area contributed by atoms with E-state index < -0.39 is 10.0 Å². The molecule has 0 aromatic heterocycles. The third-order valence-electron chi connectivity index (χ3n) is 3.24. The summed E-state index contributed by atoms with van der Waals surface area (Å²) in [6.45, 7) is 0. The van der Waals surface area contributed by atoms with E-state index in [1.807, 2.05) is 0 Å². The average molecular weight is 323 g/mol. The van der Waals surface area contributed by atoms with Crippen LogP contribution in [0.3, 0.4) is 0 Å². The maximum atomic E-state index is 12.2. The zero-order valence-electron chi connectivity index (χ0n) is 10.3. The van der Waals surface area contributed by atoms with Gasteiger partial charge in [-0.3, -0.25) is 0 Å². The Morgan fingerprint density at radius 3 is 2.11 bits per heavy atom. The molecule has 106 valence electrons. The molecule has 0 unspecified atom stereocenters. The predicted octanol–water partition coefficient (Wildman–Crippen LogP) is 2.54.